The van der Waals surface area contributed by atoms with Gasteiger partial charge in [-0.25, -0.2) is 0 Å². The van der Waals surface area contributed by atoms with Gasteiger partial charge in [-0.3, -0.25) is 14.9 Å². The van der Waals surface area contributed by atoms with Gasteiger partial charge in [0.05, 0.1) is 11.1 Å². The number of carbonyl (C=O) groups excluding carboxylic acids is 2. The van der Waals surface area contributed by atoms with E-state index in [4.69, 9.17) is 0 Å². The van der Waals surface area contributed by atoms with Gasteiger partial charge in [0.1, 0.15) is 0 Å². The smallest absolute Gasteiger partial charge is 0.259 e. The molecule has 0 atom stereocenters. The first-order valence-corrected chi connectivity index (χ1v) is 5.73. The summed E-state index contributed by atoms with van der Waals surface area (Å²) < 4.78 is 2.05. The fraction of sp³-hybridized carbons (Fsp3) is 0.143. The highest BCUT2D eigenvalue weighted by Gasteiger charge is 2.26. The number of rotatable bonds is 1. The minimum Gasteiger partial charge on any atom is -0.318 e. The van der Waals surface area contributed by atoms with Gasteiger partial charge in [0.15, 0.2) is 0 Å². The molecule has 1 N–H and O–H groups in total. The predicted octanol–water partition coefficient (Wildman–Crippen LogP) is 1.98. The summed E-state index contributed by atoms with van der Waals surface area (Å²) in [4.78, 5) is 23.1. The third-order valence-electron chi connectivity index (χ3n) is 3.25. The van der Waals surface area contributed by atoms with E-state index >= 15 is 0 Å². The summed E-state index contributed by atoms with van der Waals surface area (Å²) in [5.74, 6) is -0.637. The van der Waals surface area contributed by atoms with E-state index in [1.807, 2.05) is 32.0 Å². The van der Waals surface area contributed by atoms with Crippen molar-refractivity contribution in [1.82, 2.24) is 9.88 Å². The lowest BCUT2D eigenvalue weighted by Crippen LogP contribution is -2.19. The lowest BCUT2D eigenvalue weighted by molar-refractivity contribution is 0.0879. The first-order chi connectivity index (χ1) is 8.58. The van der Waals surface area contributed by atoms with Crippen LogP contribution >= 0.6 is 0 Å². The second-order valence-corrected chi connectivity index (χ2v) is 4.46. The van der Waals surface area contributed by atoms with Crippen LogP contribution in [0, 0.1) is 13.8 Å². The van der Waals surface area contributed by atoms with Crippen molar-refractivity contribution in [1.29, 1.82) is 0 Å². The molecule has 0 fully saturated rings. The number of nitrogens with one attached hydrogen (secondary N) is 1. The molecule has 1 aliphatic heterocycles. The average molecular weight is 240 g/mol. The van der Waals surface area contributed by atoms with E-state index in [2.05, 4.69) is 9.88 Å². The number of aryl methyl sites for hydroxylation is 2. The zero-order valence-corrected chi connectivity index (χ0v) is 10.2. The summed E-state index contributed by atoms with van der Waals surface area (Å²) in [5, 5.41) is 2.30. The van der Waals surface area contributed by atoms with Crippen molar-refractivity contribution >= 4 is 11.8 Å². The number of aromatic nitrogens is 1. The average Bonchev–Trinajstić information content (AvgIpc) is 2.81. The second kappa shape index (κ2) is 3.57. The van der Waals surface area contributed by atoms with Crippen LogP contribution in [0.2, 0.25) is 0 Å². The molecule has 1 aromatic carbocycles. The number of hydrogen-bond acceptors (Lipinski definition) is 2. The molecule has 2 amide bonds. The van der Waals surface area contributed by atoms with E-state index in [1.54, 1.807) is 12.1 Å². The Morgan fingerprint density at radius 3 is 2.17 bits per heavy atom. The number of fused-ring (bicyclic) bond motifs is 1. The molecule has 4 heteroatoms. The van der Waals surface area contributed by atoms with E-state index in [0.717, 1.165) is 17.1 Å². The normalized spacial score (nSPS) is 13.7. The summed E-state index contributed by atoms with van der Waals surface area (Å²) in [6.07, 6.45) is 0. The number of hydrogen-bond donors (Lipinski definition) is 1. The van der Waals surface area contributed by atoms with Crippen LogP contribution in [-0.4, -0.2) is 16.4 Å². The molecule has 0 radical (unpaired) electrons. The minimum atomic E-state index is -0.320. The van der Waals surface area contributed by atoms with E-state index in [9.17, 15) is 9.59 Å². The summed E-state index contributed by atoms with van der Waals surface area (Å²) in [6.45, 7) is 4.01. The standard InChI is InChI=1S/C14H12N2O2/c1-8-3-4-9(2)16(8)10-5-6-11-12(7-10)14(18)15-13(11)17/h3-7H,1-2H3,(H,15,17,18). The largest absolute Gasteiger partial charge is 0.318 e. The van der Waals surface area contributed by atoms with Crippen molar-refractivity contribution in [2.24, 2.45) is 0 Å². The van der Waals surface area contributed by atoms with Crippen LogP contribution in [0.15, 0.2) is 30.3 Å². The molecule has 0 saturated carbocycles. The van der Waals surface area contributed by atoms with Gasteiger partial charge < -0.3 is 4.57 Å². The molecule has 0 aliphatic carbocycles. The van der Waals surface area contributed by atoms with E-state index in [1.165, 1.54) is 0 Å². The number of carbonyl (C=O) groups is 2. The molecule has 0 bridgehead atoms. The Hall–Kier alpha value is -2.36. The summed E-state index contributed by atoms with van der Waals surface area (Å²) in [6, 6.07) is 9.36. The van der Waals surface area contributed by atoms with Crippen LogP contribution in [-0.2, 0) is 0 Å². The van der Waals surface area contributed by atoms with E-state index in [0.29, 0.717) is 11.1 Å². The van der Waals surface area contributed by atoms with Crippen LogP contribution in [0.1, 0.15) is 32.1 Å². The highest BCUT2D eigenvalue weighted by Crippen LogP contribution is 2.22. The zero-order chi connectivity index (χ0) is 12.9. The maximum absolute atomic E-state index is 11.6. The Bertz CT molecular complexity index is 664. The lowest BCUT2D eigenvalue weighted by Gasteiger charge is -2.10. The molecule has 0 spiro atoms. The maximum atomic E-state index is 11.6. The molecular formula is C14H12N2O2. The highest BCUT2D eigenvalue weighted by atomic mass is 16.2. The van der Waals surface area contributed by atoms with Gasteiger partial charge in [0, 0.05) is 17.1 Å². The summed E-state index contributed by atoms with van der Waals surface area (Å²) in [7, 11) is 0. The maximum Gasteiger partial charge on any atom is 0.259 e. The molecule has 18 heavy (non-hydrogen) atoms. The summed E-state index contributed by atoms with van der Waals surface area (Å²) in [5.41, 5.74) is 3.99. The van der Waals surface area contributed by atoms with Crippen molar-refractivity contribution in [3.63, 3.8) is 0 Å². The Morgan fingerprint density at radius 2 is 1.50 bits per heavy atom. The van der Waals surface area contributed by atoms with Gasteiger partial charge >= 0.3 is 0 Å². The predicted molar refractivity (Wildman–Crippen MR) is 67.0 cm³/mol. The molecule has 0 saturated heterocycles. The number of nitrogens with zero attached hydrogens (tertiary/aromatic N) is 1. The Kier molecular flexibility index (Phi) is 2.13. The lowest BCUT2D eigenvalue weighted by atomic mass is 10.1. The third kappa shape index (κ3) is 1.39. The second-order valence-electron chi connectivity index (χ2n) is 4.46. The SMILES string of the molecule is Cc1ccc(C)n1-c1ccc2c(c1)C(=O)NC2=O. The fourth-order valence-corrected chi connectivity index (χ4v) is 2.37. The Labute approximate surface area is 104 Å². The monoisotopic (exact) mass is 240 g/mol. The fourth-order valence-electron chi connectivity index (χ4n) is 2.37. The number of imide groups is 1. The van der Waals surface area contributed by atoms with Gasteiger partial charge in [-0.2, -0.15) is 0 Å². The van der Waals surface area contributed by atoms with Crippen LogP contribution in [0.3, 0.4) is 0 Å². The van der Waals surface area contributed by atoms with Crippen LogP contribution < -0.4 is 5.32 Å². The number of benzene rings is 1. The molecule has 4 nitrogen and oxygen atoms in total. The van der Waals surface area contributed by atoms with Gasteiger partial charge in [-0.15, -0.1) is 0 Å². The first kappa shape index (κ1) is 10.8. The topological polar surface area (TPSA) is 51.1 Å². The molecule has 2 heterocycles. The minimum absolute atomic E-state index is 0.317. The Morgan fingerprint density at radius 1 is 0.889 bits per heavy atom. The van der Waals surface area contributed by atoms with Crippen LogP contribution in [0.4, 0.5) is 0 Å². The van der Waals surface area contributed by atoms with Crippen molar-refractivity contribution in [2.75, 3.05) is 0 Å². The quantitative estimate of drug-likeness (QED) is 0.775. The van der Waals surface area contributed by atoms with Crippen molar-refractivity contribution < 1.29 is 9.59 Å². The molecule has 0 unspecified atom stereocenters. The molecule has 2 aromatic rings. The first-order valence-electron chi connectivity index (χ1n) is 5.73. The number of amides is 2. The summed E-state index contributed by atoms with van der Waals surface area (Å²) >= 11 is 0. The third-order valence-corrected chi connectivity index (χ3v) is 3.25. The van der Waals surface area contributed by atoms with Crippen molar-refractivity contribution in [3.8, 4) is 5.69 Å². The molecule has 3 rings (SSSR count). The van der Waals surface area contributed by atoms with Crippen molar-refractivity contribution in [2.45, 2.75) is 13.8 Å². The molecule has 1 aliphatic rings. The Balaban J connectivity index is 2.20. The van der Waals surface area contributed by atoms with Gasteiger partial charge in [0.2, 0.25) is 0 Å². The molecular weight excluding hydrogens is 228 g/mol. The van der Waals surface area contributed by atoms with Crippen LogP contribution in [0.25, 0.3) is 5.69 Å². The van der Waals surface area contributed by atoms with E-state index < -0.39 is 0 Å². The van der Waals surface area contributed by atoms with Gasteiger partial charge in [-0.05, 0) is 44.2 Å². The molecule has 1 aromatic heterocycles. The van der Waals surface area contributed by atoms with Crippen molar-refractivity contribution in [3.05, 3.63) is 52.8 Å². The molecule has 90 valence electrons. The van der Waals surface area contributed by atoms with Crippen LogP contribution in [0.5, 0.6) is 0 Å². The highest BCUT2D eigenvalue weighted by molar-refractivity contribution is 6.21. The zero-order valence-electron chi connectivity index (χ0n) is 10.2. The van der Waals surface area contributed by atoms with Gasteiger partial charge in [0.25, 0.3) is 11.8 Å². The van der Waals surface area contributed by atoms with E-state index in [-0.39, 0.29) is 11.8 Å². The van der Waals surface area contributed by atoms with Gasteiger partial charge in [-0.1, -0.05) is 0 Å².